The molecule has 0 spiro atoms. The van der Waals surface area contributed by atoms with Gasteiger partial charge in [0, 0.05) is 6.04 Å². The van der Waals surface area contributed by atoms with Crippen LogP contribution in [0.25, 0.3) is 0 Å². The Morgan fingerprint density at radius 3 is 2.13 bits per heavy atom. The molecule has 0 unspecified atom stereocenters. The van der Waals surface area contributed by atoms with Gasteiger partial charge in [-0.1, -0.05) is 20.8 Å². The van der Waals surface area contributed by atoms with Gasteiger partial charge in [-0.05, 0) is 52.4 Å². The summed E-state index contributed by atoms with van der Waals surface area (Å²) in [6.07, 6.45) is 1.24. The van der Waals surface area contributed by atoms with E-state index in [4.69, 9.17) is 0 Å². The molecule has 0 rings (SSSR count). The zero-order valence-electron chi connectivity index (χ0n) is 11.3. The highest BCUT2D eigenvalue weighted by molar-refractivity contribution is 5.85. The van der Waals surface area contributed by atoms with Crippen molar-refractivity contribution in [2.75, 3.05) is 26.7 Å². The smallest absolute Gasteiger partial charge is 0.00355 e. The van der Waals surface area contributed by atoms with Crippen molar-refractivity contribution in [3.05, 3.63) is 0 Å². The molecule has 1 N–H and O–H groups in total. The molecule has 0 aliphatic rings. The summed E-state index contributed by atoms with van der Waals surface area (Å²) in [6, 6.07) is 0.664. The minimum absolute atomic E-state index is 0. The molecule has 0 radical (unpaired) electrons. The summed E-state index contributed by atoms with van der Waals surface area (Å²) in [6.45, 7) is 14.7. The van der Waals surface area contributed by atoms with E-state index in [1.165, 1.54) is 13.0 Å². The van der Waals surface area contributed by atoms with Crippen LogP contribution < -0.4 is 5.32 Å². The lowest BCUT2D eigenvalue weighted by molar-refractivity contribution is 0.266. The Balaban J connectivity index is 0. The third-order valence-corrected chi connectivity index (χ3v) is 2.40. The van der Waals surface area contributed by atoms with Gasteiger partial charge in [0.05, 0.1) is 0 Å². The monoisotopic (exact) mass is 236 g/mol. The maximum absolute atomic E-state index is 3.49. The predicted octanol–water partition coefficient (Wildman–Crippen LogP) is 2.77. The van der Waals surface area contributed by atoms with E-state index in [-0.39, 0.29) is 12.4 Å². The SMILES string of the molecule is CC(C)N(C)CCCNCC(C)(C)C.Cl. The van der Waals surface area contributed by atoms with Crippen molar-refractivity contribution in [3.63, 3.8) is 0 Å². The zero-order chi connectivity index (χ0) is 11.2. The van der Waals surface area contributed by atoms with E-state index in [1.54, 1.807) is 0 Å². The van der Waals surface area contributed by atoms with Gasteiger partial charge in [0.1, 0.15) is 0 Å². The fraction of sp³-hybridized carbons (Fsp3) is 1.00. The van der Waals surface area contributed by atoms with Crippen LogP contribution in [0.4, 0.5) is 0 Å². The van der Waals surface area contributed by atoms with E-state index in [2.05, 4.69) is 51.9 Å². The molecule has 15 heavy (non-hydrogen) atoms. The first-order valence-corrected chi connectivity index (χ1v) is 5.74. The molecule has 2 nitrogen and oxygen atoms in total. The van der Waals surface area contributed by atoms with Crippen molar-refractivity contribution in [1.29, 1.82) is 0 Å². The zero-order valence-corrected chi connectivity index (χ0v) is 12.1. The Morgan fingerprint density at radius 1 is 1.20 bits per heavy atom. The molecular weight excluding hydrogens is 208 g/mol. The van der Waals surface area contributed by atoms with Gasteiger partial charge in [0.25, 0.3) is 0 Å². The number of hydrogen-bond acceptors (Lipinski definition) is 2. The summed E-state index contributed by atoms with van der Waals surface area (Å²) in [7, 11) is 2.19. The Morgan fingerprint density at radius 2 is 1.73 bits per heavy atom. The fourth-order valence-corrected chi connectivity index (χ4v) is 1.18. The van der Waals surface area contributed by atoms with E-state index in [9.17, 15) is 0 Å². The van der Waals surface area contributed by atoms with Crippen LogP contribution in [0.2, 0.25) is 0 Å². The second-order valence-electron chi connectivity index (χ2n) is 5.67. The van der Waals surface area contributed by atoms with Crippen molar-refractivity contribution < 1.29 is 0 Å². The van der Waals surface area contributed by atoms with E-state index in [0.717, 1.165) is 13.1 Å². The lowest BCUT2D eigenvalue weighted by Gasteiger charge is -2.22. The van der Waals surface area contributed by atoms with Crippen LogP contribution in [0.15, 0.2) is 0 Å². The van der Waals surface area contributed by atoms with E-state index >= 15 is 0 Å². The molecule has 0 aromatic heterocycles. The number of halogens is 1. The van der Waals surface area contributed by atoms with Crippen LogP contribution in [-0.4, -0.2) is 37.6 Å². The van der Waals surface area contributed by atoms with Gasteiger partial charge in [0.15, 0.2) is 0 Å². The van der Waals surface area contributed by atoms with Crippen LogP contribution in [0.3, 0.4) is 0 Å². The highest BCUT2D eigenvalue weighted by Gasteiger charge is 2.08. The van der Waals surface area contributed by atoms with Crippen LogP contribution in [0, 0.1) is 5.41 Å². The van der Waals surface area contributed by atoms with E-state index < -0.39 is 0 Å². The van der Waals surface area contributed by atoms with Crippen LogP contribution >= 0.6 is 12.4 Å². The Hall–Kier alpha value is 0.210. The summed E-state index contributed by atoms with van der Waals surface area (Å²) in [5.74, 6) is 0. The topological polar surface area (TPSA) is 15.3 Å². The first kappa shape index (κ1) is 17.6. The highest BCUT2D eigenvalue weighted by Crippen LogP contribution is 2.09. The molecule has 0 fully saturated rings. The molecule has 0 amide bonds. The number of nitrogens with one attached hydrogen (secondary N) is 1. The minimum Gasteiger partial charge on any atom is -0.316 e. The molecule has 3 heteroatoms. The summed E-state index contributed by atoms with van der Waals surface area (Å²) in [5, 5.41) is 3.49. The Bertz CT molecular complexity index is 141. The van der Waals surface area contributed by atoms with E-state index in [1.807, 2.05) is 0 Å². The van der Waals surface area contributed by atoms with Gasteiger partial charge < -0.3 is 10.2 Å². The normalized spacial score (nSPS) is 12.0. The van der Waals surface area contributed by atoms with Gasteiger partial charge >= 0.3 is 0 Å². The summed E-state index contributed by atoms with van der Waals surface area (Å²) in [4.78, 5) is 2.39. The van der Waals surface area contributed by atoms with Crippen molar-refractivity contribution in [2.45, 2.75) is 47.1 Å². The van der Waals surface area contributed by atoms with Crippen molar-refractivity contribution in [1.82, 2.24) is 10.2 Å². The molecule has 0 heterocycles. The molecule has 0 saturated heterocycles. The summed E-state index contributed by atoms with van der Waals surface area (Å²) < 4.78 is 0. The van der Waals surface area contributed by atoms with Crippen molar-refractivity contribution in [2.24, 2.45) is 5.41 Å². The molecule has 0 aromatic rings. The number of hydrogen-bond donors (Lipinski definition) is 1. The molecule has 0 aromatic carbocycles. The molecule has 0 aliphatic carbocycles. The maximum Gasteiger partial charge on any atom is 0.00355 e. The third-order valence-electron chi connectivity index (χ3n) is 2.40. The van der Waals surface area contributed by atoms with Gasteiger partial charge in [-0.15, -0.1) is 12.4 Å². The number of nitrogens with zero attached hydrogens (tertiary/aromatic N) is 1. The standard InChI is InChI=1S/C12H28N2.ClH/c1-11(2)14(6)9-7-8-13-10-12(3,4)5;/h11,13H,7-10H2,1-6H3;1H. The summed E-state index contributed by atoms with van der Waals surface area (Å²) in [5.41, 5.74) is 0.407. The first-order chi connectivity index (χ1) is 6.33. The minimum atomic E-state index is 0. The van der Waals surface area contributed by atoms with Crippen LogP contribution in [0.5, 0.6) is 0 Å². The quantitative estimate of drug-likeness (QED) is 0.714. The van der Waals surface area contributed by atoms with Gasteiger partial charge in [-0.25, -0.2) is 0 Å². The van der Waals surface area contributed by atoms with Gasteiger partial charge in [-0.2, -0.15) is 0 Å². The van der Waals surface area contributed by atoms with E-state index in [0.29, 0.717) is 11.5 Å². The van der Waals surface area contributed by atoms with Crippen LogP contribution in [-0.2, 0) is 0 Å². The Kier molecular flexibility index (Phi) is 9.82. The third kappa shape index (κ3) is 12.1. The Labute approximate surface area is 102 Å². The van der Waals surface area contributed by atoms with Crippen molar-refractivity contribution >= 4 is 12.4 Å². The predicted molar refractivity (Wildman–Crippen MR) is 72.0 cm³/mol. The van der Waals surface area contributed by atoms with Gasteiger partial charge in [-0.3, -0.25) is 0 Å². The number of rotatable bonds is 6. The largest absolute Gasteiger partial charge is 0.316 e. The lowest BCUT2D eigenvalue weighted by atomic mass is 9.97. The van der Waals surface area contributed by atoms with Crippen molar-refractivity contribution in [3.8, 4) is 0 Å². The summed E-state index contributed by atoms with van der Waals surface area (Å²) >= 11 is 0. The highest BCUT2D eigenvalue weighted by atomic mass is 35.5. The molecule has 0 saturated carbocycles. The molecule has 0 bridgehead atoms. The average Bonchev–Trinajstić information content (AvgIpc) is 2.01. The first-order valence-electron chi connectivity index (χ1n) is 5.74. The molecular formula is C12H29ClN2. The molecule has 94 valence electrons. The second-order valence-corrected chi connectivity index (χ2v) is 5.67. The molecule has 0 aliphatic heterocycles. The van der Waals surface area contributed by atoms with Crippen LogP contribution in [0.1, 0.15) is 41.0 Å². The maximum atomic E-state index is 3.49. The second kappa shape index (κ2) is 8.37. The average molecular weight is 237 g/mol. The lowest BCUT2D eigenvalue weighted by Crippen LogP contribution is -2.32. The molecule has 0 atom stereocenters. The fourth-order valence-electron chi connectivity index (χ4n) is 1.18. The van der Waals surface area contributed by atoms with Gasteiger partial charge in [0.2, 0.25) is 0 Å².